The first-order valence-electron chi connectivity index (χ1n) is 5.52. The summed E-state index contributed by atoms with van der Waals surface area (Å²) in [5.41, 5.74) is 5.85. The Morgan fingerprint density at radius 3 is 2.88 bits per heavy atom. The van der Waals surface area contributed by atoms with Crippen molar-refractivity contribution >= 4 is 11.8 Å². The van der Waals surface area contributed by atoms with Crippen LogP contribution >= 0.6 is 11.8 Å². The second-order valence-electron chi connectivity index (χ2n) is 3.72. The number of H-pyrrole nitrogens is 1. The SMILES string of the molecule is CCCc1nc(SC(C)CN)[nH]c(=O)c1C#N. The Kier molecular flexibility index (Phi) is 5.19. The molecule has 17 heavy (non-hydrogen) atoms. The van der Waals surface area contributed by atoms with Crippen molar-refractivity contribution in [3.8, 4) is 6.07 Å². The zero-order chi connectivity index (χ0) is 12.8. The maximum absolute atomic E-state index is 11.7. The van der Waals surface area contributed by atoms with E-state index in [9.17, 15) is 4.79 Å². The fourth-order valence-corrected chi connectivity index (χ4v) is 2.12. The molecule has 0 spiro atoms. The highest BCUT2D eigenvalue weighted by Crippen LogP contribution is 2.18. The van der Waals surface area contributed by atoms with E-state index < -0.39 is 0 Å². The predicted molar refractivity (Wildman–Crippen MR) is 67.9 cm³/mol. The van der Waals surface area contributed by atoms with Crippen LogP contribution < -0.4 is 11.3 Å². The molecule has 0 fully saturated rings. The second kappa shape index (κ2) is 6.42. The number of aromatic nitrogens is 2. The van der Waals surface area contributed by atoms with Gasteiger partial charge in [0, 0.05) is 11.8 Å². The largest absolute Gasteiger partial charge is 0.329 e. The molecule has 92 valence electrons. The summed E-state index contributed by atoms with van der Waals surface area (Å²) in [5.74, 6) is 0. The number of nitriles is 1. The molecule has 0 saturated heterocycles. The fraction of sp³-hybridized carbons (Fsp3) is 0.545. The molecule has 0 aliphatic carbocycles. The van der Waals surface area contributed by atoms with Crippen LogP contribution in [0, 0.1) is 11.3 Å². The van der Waals surface area contributed by atoms with Gasteiger partial charge in [0.2, 0.25) is 0 Å². The normalized spacial score (nSPS) is 12.1. The smallest absolute Gasteiger partial charge is 0.269 e. The minimum absolute atomic E-state index is 0.122. The van der Waals surface area contributed by atoms with Crippen LogP contribution in [-0.2, 0) is 6.42 Å². The first-order valence-corrected chi connectivity index (χ1v) is 6.40. The number of rotatable bonds is 5. The molecule has 0 radical (unpaired) electrons. The van der Waals surface area contributed by atoms with Crippen molar-refractivity contribution in [1.29, 1.82) is 5.26 Å². The van der Waals surface area contributed by atoms with Gasteiger partial charge in [-0.25, -0.2) is 4.98 Å². The minimum Gasteiger partial charge on any atom is -0.329 e. The summed E-state index contributed by atoms with van der Waals surface area (Å²) in [5, 5.41) is 9.63. The summed E-state index contributed by atoms with van der Waals surface area (Å²) in [6.07, 6.45) is 1.49. The van der Waals surface area contributed by atoms with E-state index in [-0.39, 0.29) is 16.4 Å². The first kappa shape index (κ1) is 13.7. The lowest BCUT2D eigenvalue weighted by Gasteiger charge is -2.08. The molecule has 6 heteroatoms. The van der Waals surface area contributed by atoms with Crippen molar-refractivity contribution in [1.82, 2.24) is 9.97 Å². The average Bonchev–Trinajstić information content (AvgIpc) is 2.29. The van der Waals surface area contributed by atoms with Gasteiger partial charge in [-0.3, -0.25) is 4.79 Å². The van der Waals surface area contributed by atoms with Crippen molar-refractivity contribution < 1.29 is 0 Å². The standard InChI is InChI=1S/C11H16N4OS/c1-3-4-9-8(6-13)10(16)15-11(14-9)17-7(2)5-12/h7H,3-5,12H2,1-2H3,(H,14,15,16). The molecule has 0 saturated carbocycles. The summed E-state index contributed by atoms with van der Waals surface area (Å²) in [6, 6.07) is 1.90. The number of nitrogens with zero attached hydrogens (tertiary/aromatic N) is 2. The zero-order valence-corrected chi connectivity index (χ0v) is 10.8. The monoisotopic (exact) mass is 252 g/mol. The number of hydrogen-bond acceptors (Lipinski definition) is 5. The molecular weight excluding hydrogens is 236 g/mol. The minimum atomic E-state index is -0.363. The van der Waals surface area contributed by atoms with Gasteiger partial charge in [-0.05, 0) is 6.42 Å². The van der Waals surface area contributed by atoms with Gasteiger partial charge in [0.05, 0.1) is 5.69 Å². The lowest BCUT2D eigenvalue weighted by Crippen LogP contribution is -2.19. The molecule has 0 bridgehead atoms. The Bertz CT molecular complexity index is 477. The summed E-state index contributed by atoms with van der Waals surface area (Å²) in [7, 11) is 0. The molecule has 3 N–H and O–H groups in total. The molecule has 1 aromatic rings. The topological polar surface area (TPSA) is 95.6 Å². The Labute approximate surface area is 104 Å². The third-order valence-corrected chi connectivity index (χ3v) is 3.23. The van der Waals surface area contributed by atoms with Crippen LogP contribution in [0.5, 0.6) is 0 Å². The summed E-state index contributed by atoms with van der Waals surface area (Å²) in [4.78, 5) is 18.6. The van der Waals surface area contributed by atoms with Crippen molar-refractivity contribution in [2.75, 3.05) is 6.54 Å². The maximum Gasteiger partial charge on any atom is 0.269 e. The molecule has 1 unspecified atom stereocenters. The molecule has 0 aromatic carbocycles. The average molecular weight is 252 g/mol. The number of thioether (sulfide) groups is 1. The highest BCUT2D eigenvalue weighted by Gasteiger charge is 2.12. The number of nitrogens with two attached hydrogens (primary N) is 1. The molecule has 5 nitrogen and oxygen atoms in total. The Hall–Kier alpha value is -1.32. The van der Waals surface area contributed by atoms with E-state index in [0.717, 1.165) is 6.42 Å². The van der Waals surface area contributed by atoms with E-state index in [1.165, 1.54) is 11.8 Å². The van der Waals surface area contributed by atoms with Crippen LogP contribution in [-0.4, -0.2) is 21.8 Å². The zero-order valence-electron chi connectivity index (χ0n) is 9.99. The quantitative estimate of drug-likeness (QED) is 0.603. The van der Waals surface area contributed by atoms with Crippen LogP contribution in [0.25, 0.3) is 0 Å². The molecule has 1 rings (SSSR count). The van der Waals surface area contributed by atoms with E-state index in [0.29, 0.717) is 23.8 Å². The molecule has 0 aliphatic heterocycles. The van der Waals surface area contributed by atoms with Crippen LogP contribution in [0.3, 0.4) is 0 Å². The third kappa shape index (κ3) is 3.58. The van der Waals surface area contributed by atoms with Gasteiger partial charge in [0.25, 0.3) is 5.56 Å². The fourth-order valence-electron chi connectivity index (χ4n) is 1.32. The second-order valence-corrected chi connectivity index (χ2v) is 5.15. The van der Waals surface area contributed by atoms with Crippen LogP contribution in [0.1, 0.15) is 31.5 Å². The predicted octanol–water partition coefficient (Wildman–Crippen LogP) is 1.03. The van der Waals surface area contributed by atoms with E-state index in [1.807, 2.05) is 19.9 Å². The van der Waals surface area contributed by atoms with E-state index in [2.05, 4.69) is 9.97 Å². The summed E-state index contributed by atoms with van der Waals surface area (Å²) >= 11 is 1.42. The number of nitrogens with one attached hydrogen (secondary N) is 1. The van der Waals surface area contributed by atoms with E-state index >= 15 is 0 Å². The molecule has 0 aliphatic rings. The number of aromatic amines is 1. The van der Waals surface area contributed by atoms with Crippen molar-refractivity contribution in [3.05, 3.63) is 21.6 Å². The van der Waals surface area contributed by atoms with Crippen molar-refractivity contribution in [2.45, 2.75) is 37.1 Å². The molecule has 1 heterocycles. The highest BCUT2D eigenvalue weighted by atomic mass is 32.2. The Balaban J connectivity index is 3.11. The molecule has 1 atom stereocenters. The maximum atomic E-state index is 11.7. The summed E-state index contributed by atoms with van der Waals surface area (Å²) < 4.78 is 0. The van der Waals surface area contributed by atoms with Gasteiger partial charge in [-0.2, -0.15) is 5.26 Å². The van der Waals surface area contributed by atoms with Gasteiger partial charge < -0.3 is 10.7 Å². The molecule has 0 amide bonds. The Morgan fingerprint density at radius 2 is 2.35 bits per heavy atom. The molecule has 1 aromatic heterocycles. The lowest BCUT2D eigenvalue weighted by molar-refractivity contribution is 0.805. The lowest BCUT2D eigenvalue weighted by atomic mass is 10.1. The summed E-state index contributed by atoms with van der Waals surface area (Å²) in [6.45, 7) is 4.46. The van der Waals surface area contributed by atoms with Gasteiger partial charge in [0.1, 0.15) is 11.6 Å². The van der Waals surface area contributed by atoms with Gasteiger partial charge >= 0.3 is 0 Å². The van der Waals surface area contributed by atoms with Gasteiger partial charge in [-0.1, -0.05) is 32.0 Å². The van der Waals surface area contributed by atoms with Gasteiger partial charge in [-0.15, -0.1) is 0 Å². The first-order chi connectivity index (χ1) is 8.12. The van der Waals surface area contributed by atoms with Crippen LogP contribution in [0.4, 0.5) is 0 Å². The third-order valence-electron chi connectivity index (χ3n) is 2.22. The van der Waals surface area contributed by atoms with Crippen molar-refractivity contribution in [3.63, 3.8) is 0 Å². The van der Waals surface area contributed by atoms with Crippen molar-refractivity contribution in [2.24, 2.45) is 5.73 Å². The number of hydrogen-bond donors (Lipinski definition) is 2. The highest BCUT2D eigenvalue weighted by molar-refractivity contribution is 7.99. The van der Waals surface area contributed by atoms with Crippen LogP contribution in [0.15, 0.2) is 9.95 Å². The van der Waals surface area contributed by atoms with Crippen LogP contribution in [0.2, 0.25) is 0 Å². The van der Waals surface area contributed by atoms with E-state index in [4.69, 9.17) is 11.0 Å². The Morgan fingerprint density at radius 1 is 1.65 bits per heavy atom. The van der Waals surface area contributed by atoms with E-state index in [1.54, 1.807) is 0 Å². The molecular formula is C11H16N4OS. The van der Waals surface area contributed by atoms with Gasteiger partial charge in [0.15, 0.2) is 5.16 Å². The number of aryl methyl sites for hydroxylation is 1.